The Hall–Kier alpha value is -0.530. The second-order valence-electron chi connectivity index (χ2n) is 33.8. The fourth-order valence-electron chi connectivity index (χ4n) is 9.34. The van der Waals surface area contributed by atoms with E-state index in [1.165, 1.54) is 96.3 Å². The van der Waals surface area contributed by atoms with Gasteiger partial charge in [0, 0.05) is 32.7 Å². The summed E-state index contributed by atoms with van der Waals surface area (Å²) in [5, 5.41) is 19.8. The van der Waals surface area contributed by atoms with Crippen LogP contribution in [0.2, 0.25) is 0 Å². The minimum atomic E-state index is -0.135. The monoisotopic (exact) mass is 1380 g/mol. The summed E-state index contributed by atoms with van der Waals surface area (Å²) in [5.41, 5.74) is 1.61. The highest BCUT2D eigenvalue weighted by Crippen LogP contribution is 2.37. The van der Waals surface area contributed by atoms with Crippen molar-refractivity contribution < 1.29 is 24.6 Å². The Kier molecular flexibility index (Phi) is 95.9. The van der Waals surface area contributed by atoms with Crippen molar-refractivity contribution in [2.24, 2.45) is 98.6 Å². The van der Waals surface area contributed by atoms with E-state index in [-0.39, 0.29) is 12.2 Å². The molecule has 6 nitrogen and oxygen atoms in total. The SMILES string of the molecule is CC.CC.CC.CC.CC.CC.CC.CC(=O)CCC(C)(C)C.CCCCC(C)(C)C.C[C@@H](O)CCC(C)(C)C.C[C@@H]1CCCC[C@@H]1C.C[C@@H]1CCC[C@H]1C.C[C@@H]1CON(C)[C@H]1C.C[C@@H]1C[C@H]1C.C[C@H](O)CCC(C)(C)C.C[C@H]1CCC[C@@H]1C.C[C@H]1COC[C@@H]1C.C[C@H]1C[C@@H]1C. The van der Waals surface area contributed by atoms with Crippen LogP contribution in [0.3, 0.4) is 0 Å². The molecule has 7 rings (SSSR count). The molecule has 0 aromatic heterocycles. The van der Waals surface area contributed by atoms with Crippen LogP contribution in [0, 0.1) is 98.6 Å². The molecule has 0 aromatic carbocycles. The summed E-state index contributed by atoms with van der Waals surface area (Å²) in [6, 6.07) is 0.593. The van der Waals surface area contributed by atoms with Crippen LogP contribution in [0.25, 0.3) is 0 Å². The zero-order valence-corrected chi connectivity index (χ0v) is 76.3. The minimum absolute atomic E-state index is 0.135. The van der Waals surface area contributed by atoms with Gasteiger partial charge in [-0.15, -0.1) is 0 Å². The molecule has 0 radical (unpaired) electrons. The number of ketones is 1. The number of unbranched alkanes of at least 4 members (excludes halogenated alkanes) is 1. The number of ether oxygens (including phenoxy) is 1. The number of hydrogen-bond donors (Lipinski definition) is 2. The van der Waals surface area contributed by atoms with Gasteiger partial charge in [0.2, 0.25) is 0 Å². The Morgan fingerprint density at radius 1 is 0.385 bits per heavy atom. The molecular weight excluding hydrogens is 1170 g/mol. The molecule has 2 saturated heterocycles. The second-order valence-corrected chi connectivity index (χ2v) is 33.8. The highest BCUT2D eigenvalue weighted by molar-refractivity contribution is 5.75. The molecule has 0 bridgehead atoms. The molecule has 0 unspecified atom stereocenters. The van der Waals surface area contributed by atoms with Gasteiger partial charge in [0.25, 0.3) is 0 Å². The summed E-state index contributed by atoms with van der Waals surface area (Å²) in [7, 11) is 1.98. The number of Topliss-reactive ketones (excluding diaryl/α,β-unsaturated/α-hetero) is 1. The first kappa shape index (κ1) is 119. The molecule has 16 atom stereocenters. The van der Waals surface area contributed by atoms with E-state index in [0.717, 1.165) is 129 Å². The van der Waals surface area contributed by atoms with E-state index >= 15 is 0 Å². The van der Waals surface area contributed by atoms with Crippen molar-refractivity contribution in [1.82, 2.24) is 5.06 Å². The fraction of sp³-hybridized carbons (Fsp3) is 0.989. The van der Waals surface area contributed by atoms with Gasteiger partial charge in [0.1, 0.15) is 5.78 Å². The smallest absolute Gasteiger partial charge is 0.129 e. The molecule has 2 heterocycles. The molecular formula is C90H201NO5. The molecule has 5 aliphatic carbocycles. The van der Waals surface area contributed by atoms with Crippen molar-refractivity contribution in [1.29, 1.82) is 0 Å². The molecule has 7 fully saturated rings. The summed E-state index contributed by atoms with van der Waals surface area (Å²) in [4.78, 5) is 15.7. The zero-order valence-electron chi connectivity index (χ0n) is 76.3. The molecule has 2 aliphatic heterocycles. The molecule has 5 saturated carbocycles. The van der Waals surface area contributed by atoms with E-state index in [9.17, 15) is 4.79 Å². The Morgan fingerprint density at radius 3 is 0.708 bits per heavy atom. The lowest BCUT2D eigenvalue weighted by Crippen LogP contribution is -2.23. The summed E-state index contributed by atoms with van der Waals surface area (Å²) in [6.07, 6.45) is 27.3. The van der Waals surface area contributed by atoms with Gasteiger partial charge in [-0.25, -0.2) is 0 Å². The van der Waals surface area contributed by atoms with Gasteiger partial charge in [-0.1, -0.05) is 354 Å². The summed E-state index contributed by atoms with van der Waals surface area (Å²) >= 11 is 0. The van der Waals surface area contributed by atoms with Gasteiger partial charge in [-0.3, -0.25) is 4.84 Å². The van der Waals surface area contributed by atoms with Gasteiger partial charge in [0.05, 0.1) is 18.8 Å². The van der Waals surface area contributed by atoms with E-state index in [1.54, 1.807) is 6.92 Å². The van der Waals surface area contributed by atoms with Crippen LogP contribution in [0.4, 0.5) is 0 Å². The van der Waals surface area contributed by atoms with E-state index < -0.39 is 0 Å². The zero-order chi connectivity index (χ0) is 78.8. The van der Waals surface area contributed by atoms with Crippen molar-refractivity contribution in [3.8, 4) is 0 Å². The van der Waals surface area contributed by atoms with Crippen LogP contribution in [-0.2, 0) is 14.4 Å². The van der Waals surface area contributed by atoms with Crippen LogP contribution in [-0.4, -0.2) is 66.2 Å². The van der Waals surface area contributed by atoms with Crippen molar-refractivity contribution in [3.05, 3.63) is 0 Å². The molecule has 7 aliphatic rings. The Morgan fingerprint density at radius 2 is 0.625 bits per heavy atom. The van der Waals surface area contributed by atoms with Gasteiger partial charge in [-0.2, -0.15) is 5.06 Å². The molecule has 96 heavy (non-hydrogen) atoms. The van der Waals surface area contributed by atoms with Crippen molar-refractivity contribution in [2.45, 2.75) is 458 Å². The molecule has 6 heteroatoms. The normalized spacial score (nSPS) is 26.5. The van der Waals surface area contributed by atoms with Crippen LogP contribution < -0.4 is 0 Å². The topological polar surface area (TPSA) is 79.2 Å². The number of aliphatic hydroxyl groups is 2. The molecule has 0 amide bonds. The Labute approximate surface area is 615 Å². The Balaban J connectivity index is -0.0000000904. The van der Waals surface area contributed by atoms with Crippen molar-refractivity contribution in [3.63, 3.8) is 0 Å². The standard InChI is InChI=1S/2C8H18O.C8H16O.C8H16.C8H18.2C7H14.C6H13NO.C6H12O.2C5H10.7C2H6/c3*1-7(9)5-6-8(2,3)4;1-7-5-3-4-6-8(7)2;1-5-6-7-8(2,3)4;2*1-6-4-3-5-7(6)2;1-5-4-8-7(3)6(5)2;1-5-3-7-4-6(5)2;2*1-4-3-5(4)2;7*1-2/h2*7,9H,5-6H2,1-4H3;5-6H2,1-4H3;7-8H,3-6H2,1-2H3;5-7H2,1-4H3;2*6-7H,3-5H2,1-2H3;5-6H,4H2,1-3H3;5-6H,3-4H2,1-2H3;2*4-5H,3H2,1-2H3;7*1-2H3/t2*7-;;7-,8+;;2*6-,7-;5-,6+;5-,6-;2*4-,5-;;;;;;;/m10...101010......./s1. The fourth-order valence-corrected chi connectivity index (χ4v) is 9.34. The molecule has 596 valence electrons. The summed E-state index contributed by atoms with van der Waals surface area (Å²) in [6.45, 7) is 97.1. The van der Waals surface area contributed by atoms with Crippen LogP contribution in [0.1, 0.15) is 439 Å². The average molecular weight is 1380 g/mol. The van der Waals surface area contributed by atoms with E-state index in [0.29, 0.717) is 39.4 Å². The highest BCUT2D eigenvalue weighted by Gasteiger charge is 2.28. The van der Waals surface area contributed by atoms with Crippen molar-refractivity contribution in [2.75, 3.05) is 26.9 Å². The summed E-state index contributed by atoms with van der Waals surface area (Å²) in [5.74, 6) is 12.8. The Bertz CT molecular complexity index is 1290. The summed E-state index contributed by atoms with van der Waals surface area (Å²) < 4.78 is 5.17. The predicted molar refractivity (Wildman–Crippen MR) is 447 cm³/mol. The predicted octanol–water partition coefficient (Wildman–Crippen LogP) is 30.4. The number of hydrogen-bond acceptors (Lipinski definition) is 6. The van der Waals surface area contributed by atoms with Crippen LogP contribution >= 0.6 is 0 Å². The minimum Gasteiger partial charge on any atom is -0.393 e. The first-order chi connectivity index (χ1) is 44.4. The van der Waals surface area contributed by atoms with Gasteiger partial charge in [-0.05, 0) is 178 Å². The lowest BCUT2D eigenvalue weighted by atomic mass is 9.82. The van der Waals surface area contributed by atoms with Crippen LogP contribution in [0.15, 0.2) is 0 Å². The van der Waals surface area contributed by atoms with E-state index in [1.807, 2.05) is 123 Å². The van der Waals surface area contributed by atoms with Gasteiger partial charge in [0.15, 0.2) is 0 Å². The largest absolute Gasteiger partial charge is 0.393 e. The van der Waals surface area contributed by atoms with Crippen molar-refractivity contribution >= 4 is 5.78 Å². The van der Waals surface area contributed by atoms with E-state index in [2.05, 4.69) is 187 Å². The van der Waals surface area contributed by atoms with Gasteiger partial charge >= 0.3 is 0 Å². The first-order valence-electron chi connectivity index (χ1n) is 42.1. The van der Waals surface area contributed by atoms with E-state index in [4.69, 9.17) is 19.8 Å². The first-order valence-corrected chi connectivity index (χ1v) is 42.1. The number of rotatable bonds is 8. The number of nitrogens with zero attached hydrogens (tertiary/aromatic N) is 1. The van der Waals surface area contributed by atoms with Crippen LogP contribution in [0.5, 0.6) is 0 Å². The number of aliphatic hydroxyl groups excluding tert-OH is 2. The number of carbonyl (C=O) groups is 1. The number of carbonyl (C=O) groups excluding carboxylic acids is 1. The highest BCUT2D eigenvalue weighted by atomic mass is 16.7. The second kappa shape index (κ2) is 77.1. The number of hydroxylamine groups is 2. The third kappa shape index (κ3) is 102. The molecule has 2 N–H and O–H groups in total. The molecule has 0 aromatic rings. The average Bonchev–Trinajstić information content (AvgIpc) is 2.06. The van der Waals surface area contributed by atoms with Gasteiger partial charge < -0.3 is 19.7 Å². The lowest BCUT2D eigenvalue weighted by molar-refractivity contribution is -0.117. The molecule has 0 spiro atoms. The maximum absolute atomic E-state index is 10.5. The third-order valence-corrected chi connectivity index (χ3v) is 18.9. The lowest BCUT2D eigenvalue weighted by Gasteiger charge is -2.24. The maximum atomic E-state index is 10.5. The quantitative estimate of drug-likeness (QED) is 0.252. The maximum Gasteiger partial charge on any atom is 0.129 e. The third-order valence-electron chi connectivity index (χ3n) is 18.9.